The monoisotopic (exact) mass is 621 g/mol. The minimum absolute atomic E-state index is 0.0551. The summed E-state index contributed by atoms with van der Waals surface area (Å²) in [7, 11) is 0. The predicted octanol–water partition coefficient (Wildman–Crippen LogP) is 8.88. The number of hydrogen-bond acceptors (Lipinski definition) is 6. The number of fused-ring (bicyclic) bond motifs is 1. The Bertz CT molecular complexity index is 1540. The van der Waals surface area contributed by atoms with Gasteiger partial charge in [-0.1, -0.05) is 56.7 Å². The molecule has 7 heteroatoms. The van der Waals surface area contributed by atoms with Gasteiger partial charge in [0.2, 0.25) is 0 Å². The lowest BCUT2D eigenvalue weighted by atomic mass is 10.00. The third-order valence-corrected chi connectivity index (χ3v) is 8.71. The Morgan fingerprint density at radius 1 is 0.911 bits per heavy atom. The van der Waals surface area contributed by atoms with Gasteiger partial charge in [-0.2, -0.15) is 0 Å². The maximum atomic E-state index is 13.5. The molecule has 45 heavy (non-hydrogen) atoms. The predicted molar refractivity (Wildman–Crippen MR) is 187 cm³/mol. The molecular formula is C38H43N3O3S. The number of rotatable bonds is 15. The number of hydrogen-bond donors (Lipinski definition) is 1. The normalized spacial score (nSPS) is 12.7. The molecule has 0 aliphatic carbocycles. The lowest BCUT2D eigenvalue weighted by Gasteiger charge is -2.25. The highest BCUT2D eigenvalue weighted by atomic mass is 32.2. The van der Waals surface area contributed by atoms with Crippen LogP contribution in [0.5, 0.6) is 5.75 Å². The van der Waals surface area contributed by atoms with E-state index < -0.39 is 0 Å². The number of pyridine rings is 1. The zero-order chi connectivity index (χ0) is 31.3. The molecule has 0 bridgehead atoms. The highest BCUT2D eigenvalue weighted by molar-refractivity contribution is 7.98. The number of amides is 1. The van der Waals surface area contributed by atoms with E-state index in [0.717, 1.165) is 83.4 Å². The van der Waals surface area contributed by atoms with E-state index in [2.05, 4.69) is 77.6 Å². The number of carbonyl (C=O) groups excluding carboxylic acids is 1. The summed E-state index contributed by atoms with van der Waals surface area (Å²) in [6, 6.07) is 28.8. The van der Waals surface area contributed by atoms with Crippen molar-refractivity contribution in [2.24, 2.45) is 0 Å². The first-order chi connectivity index (χ1) is 22.1. The molecule has 3 aromatic carbocycles. The van der Waals surface area contributed by atoms with E-state index >= 15 is 0 Å². The van der Waals surface area contributed by atoms with Crippen LogP contribution in [0.25, 0.3) is 17.2 Å². The summed E-state index contributed by atoms with van der Waals surface area (Å²) in [4.78, 5) is 20.3. The number of thioether (sulfide) groups is 1. The van der Waals surface area contributed by atoms with E-state index in [1.165, 1.54) is 11.3 Å². The molecule has 0 fully saturated rings. The third kappa shape index (κ3) is 9.46. The summed E-state index contributed by atoms with van der Waals surface area (Å²) >= 11 is 1.70. The van der Waals surface area contributed by atoms with Crippen LogP contribution in [0.3, 0.4) is 0 Å². The molecule has 1 aliphatic heterocycles. The number of aromatic nitrogens is 1. The number of unbranched alkanes of at least 4 members (excludes halogenated alkanes) is 1. The number of anilines is 2. The van der Waals surface area contributed by atoms with Crippen molar-refractivity contribution >= 4 is 35.1 Å². The Labute approximate surface area is 271 Å². The van der Waals surface area contributed by atoms with Gasteiger partial charge in [-0.25, -0.2) is 4.98 Å². The van der Waals surface area contributed by atoms with Crippen LogP contribution in [0, 0.1) is 0 Å². The molecule has 0 radical (unpaired) electrons. The van der Waals surface area contributed by atoms with Gasteiger partial charge in [0.1, 0.15) is 12.4 Å². The summed E-state index contributed by atoms with van der Waals surface area (Å²) in [5.41, 5.74) is 7.21. The van der Waals surface area contributed by atoms with Crippen molar-refractivity contribution in [1.29, 1.82) is 0 Å². The van der Waals surface area contributed by atoms with Crippen LogP contribution in [0.2, 0.25) is 0 Å². The molecule has 2 heterocycles. The molecule has 1 N–H and O–H groups in total. The van der Waals surface area contributed by atoms with Crippen LogP contribution < -0.4 is 15.0 Å². The van der Waals surface area contributed by atoms with Crippen LogP contribution in [-0.4, -0.2) is 43.8 Å². The SMILES string of the molecule is CCCCOCCOc1ccc(-c2ccc3c(c2)C=C(C(=O)Nc2ccc(CSc4ccccn4)cc2)CCN3CCC)cc1. The molecule has 0 atom stereocenters. The average Bonchev–Trinajstić information content (AvgIpc) is 3.26. The first-order valence-corrected chi connectivity index (χ1v) is 17.0. The summed E-state index contributed by atoms with van der Waals surface area (Å²) in [5, 5.41) is 4.13. The van der Waals surface area contributed by atoms with Gasteiger partial charge >= 0.3 is 0 Å². The molecule has 4 aromatic rings. The number of benzene rings is 3. The van der Waals surface area contributed by atoms with Gasteiger partial charge in [-0.05, 0) is 96.1 Å². The van der Waals surface area contributed by atoms with Gasteiger partial charge in [-0.3, -0.25) is 4.79 Å². The highest BCUT2D eigenvalue weighted by Crippen LogP contribution is 2.33. The van der Waals surface area contributed by atoms with E-state index in [0.29, 0.717) is 19.6 Å². The molecule has 1 amide bonds. The van der Waals surface area contributed by atoms with Crippen LogP contribution in [0.15, 0.2) is 102 Å². The fourth-order valence-corrected chi connectivity index (χ4v) is 6.07. The second kappa shape index (κ2) is 16.8. The minimum atomic E-state index is -0.0551. The fraction of sp³-hybridized carbons (Fsp3) is 0.316. The van der Waals surface area contributed by atoms with Crippen molar-refractivity contribution in [1.82, 2.24) is 4.98 Å². The zero-order valence-corrected chi connectivity index (χ0v) is 27.2. The topological polar surface area (TPSA) is 63.7 Å². The second-order valence-electron chi connectivity index (χ2n) is 11.1. The third-order valence-electron chi connectivity index (χ3n) is 7.70. The Morgan fingerprint density at radius 2 is 1.73 bits per heavy atom. The molecule has 0 spiro atoms. The van der Waals surface area contributed by atoms with Crippen molar-refractivity contribution in [3.05, 3.63) is 108 Å². The van der Waals surface area contributed by atoms with Crippen LogP contribution >= 0.6 is 11.8 Å². The Kier molecular flexibility index (Phi) is 12.1. The summed E-state index contributed by atoms with van der Waals surface area (Å²) < 4.78 is 11.5. The van der Waals surface area contributed by atoms with E-state index in [9.17, 15) is 4.79 Å². The van der Waals surface area contributed by atoms with Gasteiger partial charge in [0.05, 0.1) is 11.6 Å². The first kappa shape index (κ1) is 32.3. The quantitative estimate of drug-likeness (QED) is 0.106. The smallest absolute Gasteiger partial charge is 0.251 e. The van der Waals surface area contributed by atoms with Crippen molar-refractivity contribution in [3.8, 4) is 16.9 Å². The molecule has 234 valence electrons. The van der Waals surface area contributed by atoms with Crippen LogP contribution in [0.1, 0.15) is 50.7 Å². The van der Waals surface area contributed by atoms with Gasteiger partial charge in [-0.15, -0.1) is 11.8 Å². The van der Waals surface area contributed by atoms with E-state index in [1.54, 1.807) is 11.8 Å². The first-order valence-electron chi connectivity index (χ1n) is 16.0. The van der Waals surface area contributed by atoms with Crippen molar-refractivity contribution in [3.63, 3.8) is 0 Å². The summed E-state index contributed by atoms with van der Waals surface area (Å²) in [6.07, 6.45) is 7.81. The number of nitrogens with one attached hydrogen (secondary N) is 1. The van der Waals surface area contributed by atoms with Crippen molar-refractivity contribution in [2.75, 3.05) is 43.1 Å². The molecule has 6 nitrogen and oxygen atoms in total. The molecule has 1 aromatic heterocycles. The van der Waals surface area contributed by atoms with E-state index in [4.69, 9.17) is 9.47 Å². The maximum absolute atomic E-state index is 13.5. The van der Waals surface area contributed by atoms with E-state index in [1.807, 2.05) is 48.7 Å². The van der Waals surface area contributed by atoms with Crippen LogP contribution in [-0.2, 0) is 15.3 Å². The molecular weight excluding hydrogens is 579 g/mol. The summed E-state index contributed by atoms with van der Waals surface area (Å²) in [5.74, 6) is 1.60. The van der Waals surface area contributed by atoms with Gasteiger partial charge in [0, 0.05) is 48.6 Å². The van der Waals surface area contributed by atoms with Gasteiger partial charge in [0.15, 0.2) is 0 Å². The molecule has 0 saturated heterocycles. The van der Waals surface area contributed by atoms with Gasteiger partial charge in [0.25, 0.3) is 5.91 Å². The standard InChI is InChI=1S/C38H43N3O3S/c1-3-5-23-43-24-25-44-35-16-11-30(12-17-35)31-13-18-36-33(26-31)27-32(19-22-41(36)21-4-2)38(42)40-34-14-9-29(10-15-34)28-45-37-8-6-7-20-39-37/h6-18,20,26-27H,3-5,19,21-25,28H2,1-2H3,(H,40,42). The highest BCUT2D eigenvalue weighted by Gasteiger charge is 2.20. The lowest BCUT2D eigenvalue weighted by Crippen LogP contribution is -2.26. The van der Waals surface area contributed by atoms with E-state index in [-0.39, 0.29) is 5.91 Å². The largest absolute Gasteiger partial charge is 0.491 e. The number of carbonyl (C=O) groups is 1. The maximum Gasteiger partial charge on any atom is 0.251 e. The average molecular weight is 622 g/mol. The number of nitrogens with zero attached hydrogens (tertiary/aromatic N) is 2. The number of ether oxygens (including phenoxy) is 2. The Morgan fingerprint density at radius 3 is 2.49 bits per heavy atom. The summed E-state index contributed by atoms with van der Waals surface area (Å²) in [6.45, 7) is 8.02. The van der Waals surface area contributed by atoms with Crippen molar-refractivity contribution in [2.45, 2.75) is 50.3 Å². The fourth-order valence-electron chi connectivity index (χ4n) is 5.25. The Balaban J connectivity index is 1.25. The molecule has 0 unspecified atom stereocenters. The zero-order valence-electron chi connectivity index (χ0n) is 26.3. The second-order valence-corrected chi connectivity index (χ2v) is 12.1. The minimum Gasteiger partial charge on any atom is -0.491 e. The molecule has 0 saturated carbocycles. The lowest BCUT2D eigenvalue weighted by molar-refractivity contribution is -0.112. The van der Waals surface area contributed by atoms with Crippen molar-refractivity contribution < 1.29 is 14.3 Å². The van der Waals surface area contributed by atoms with Gasteiger partial charge < -0.3 is 19.7 Å². The van der Waals surface area contributed by atoms with Crippen LogP contribution in [0.4, 0.5) is 11.4 Å². The molecule has 5 rings (SSSR count). The Hall–Kier alpha value is -4.07. The molecule has 1 aliphatic rings.